The van der Waals surface area contributed by atoms with Crippen LogP contribution in [0.3, 0.4) is 0 Å². The highest BCUT2D eigenvalue weighted by Gasteiger charge is 2.16. The van der Waals surface area contributed by atoms with E-state index >= 15 is 0 Å². The topological polar surface area (TPSA) is 44.4 Å². The van der Waals surface area contributed by atoms with Crippen molar-refractivity contribution in [3.63, 3.8) is 0 Å². The van der Waals surface area contributed by atoms with Crippen LogP contribution in [0.5, 0.6) is 0 Å². The lowest BCUT2D eigenvalue weighted by molar-refractivity contribution is -0.117. The second kappa shape index (κ2) is 8.15. The Morgan fingerprint density at radius 1 is 1.43 bits per heavy atom. The number of likely N-dealkylation sites (N-methyl/N-ethyl adjacent to an activating group) is 1. The monoisotopic (exact) mass is 289 g/mol. The molecule has 1 fully saturated rings. The van der Waals surface area contributed by atoms with Crippen LogP contribution in [0.4, 0.5) is 5.69 Å². The molecular weight excluding hydrogens is 262 g/mol. The van der Waals surface area contributed by atoms with Gasteiger partial charge in [-0.25, -0.2) is 0 Å². The molecule has 1 aliphatic rings. The fourth-order valence-corrected chi connectivity index (χ4v) is 2.84. The summed E-state index contributed by atoms with van der Waals surface area (Å²) < 4.78 is 0. The molecule has 0 saturated carbocycles. The van der Waals surface area contributed by atoms with Gasteiger partial charge in [-0.15, -0.1) is 0 Å². The molecule has 0 aliphatic carbocycles. The highest BCUT2D eigenvalue weighted by atomic mass is 16.2. The van der Waals surface area contributed by atoms with Gasteiger partial charge in [-0.3, -0.25) is 9.69 Å². The number of piperidine rings is 1. The van der Waals surface area contributed by atoms with Crippen molar-refractivity contribution in [3.8, 4) is 0 Å². The highest BCUT2D eigenvalue weighted by molar-refractivity contribution is 5.92. The number of nitrogens with one attached hydrogen (secondary N) is 2. The minimum Gasteiger partial charge on any atom is -0.325 e. The van der Waals surface area contributed by atoms with E-state index in [2.05, 4.69) is 28.5 Å². The minimum absolute atomic E-state index is 0.0570. The lowest BCUT2D eigenvalue weighted by Crippen LogP contribution is -2.44. The van der Waals surface area contributed by atoms with E-state index in [1.165, 1.54) is 24.8 Å². The van der Waals surface area contributed by atoms with E-state index in [1.54, 1.807) is 0 Å². The van der Waals surface area contributed by atoms with Crippen LogP contribution in [0.1, 0.15) is 31.7 Å². The van der Waals surface area contributed by atoms with Crippen LogP contribution in [0, 0.1) is 0 Å². The molecule has 0 aromatic heterocycles. The second-order valence-corrected chi connectivity index (χ2v) is 5.95. The Morgan fingerprint density at radius 3 is 3.00 bits per heavy atom. The lowest BCUT2D eigenvalue weighted by atomic mass is 10.0. The van der Waals surface area contributed by atoms with Crippen molar-refractivity contribution in [2.45, 2.75) is 38.6 Å². The number of rotatable bonds is 6. The number of hydrogen-bond donors (Lipinski definition) is 2. The van der Waals surface area contributed by atoms with Gasteiger partial charge in [0.05, 0.1) is 6.54 Å². The quantitative estimate of drug-likeness (QED) is 0.844. The highest BCUT2D eigenvalue weighted by Crippen LogP contribution is 2.11. The zero-order valence-corrected chi connectivity index (χ0v) is 13.2. The van der Waals surface area contributed by atoms with Crippen LogP contribution < -0.4 is 10.6 Å². The molecule has 0 radical (unpaired) electrons. The molecule has 1 aliphatic heterocycles. The summed E-state index contributed by atoms with van der Waals surface area (Å²) in [7, 11) is 2.01. The van der Waals surface area contributed by atoms with E-state index < -0.39 is 0 Å². The van der Waals surface area contributed by atoms with Gasteiger partial charge in [0.25, 0.3) is 0 Å². The van der Waals surface area contributed by atoms with Crippen LogP contribution >= 0.6 is 0 Å². The smallest absolute Gasteiger partial charge is 0.238 e. The van der Waals surface area contributed by atoms with Crippen LogP contribution in [0.2, 0.25) is 0 Å². The molecule has 0 spiro atoms. The molecule has 1 atom stereocenters. The van der Waals surface area contributed by atoms with Crippen molar-refractivity contribution >= 4 is 11.6 Å². The second-order valence-electron chi connectivity index (χ2n) is 5.95. The summed E-state index contributed by atoms with van der Waals surface area (Å²) in [6.07, 6.45) is 4.76. The summed E-state index contributed by atoms with van der Waals surface area (Å²) in [6.45, 7) is 4.59. The zero-order valence-electron chi connectivity index (χ0n) is 13.2. The van der Waals surface area contributed by atoms with Gasteiger partial charge in [0, 0.05) is 18.3 Å². The maximum atomic E-state index is 12.1. The van der Waals surface area contributed by atoms with Crippen LogP contribution in [0.25, 0.3) is 0 Å². The van der Waals surface area contributed by atoms with E-state index in [1.807, 2.05) is 25.2 Å². The Labute approximate surface area is 127 Å². The van der Waals surface area contributed by atoms with E-state index in [-0.39, 0.29) is 5.91 Å². The van der Waals surface area contributed by atoms with E-state index in [4.69, 9.17) is 0 Å². The third-order valence-corrected chi connectivity index (χ3v) is 3.98. The molecule has 4 heteroatoms. The van der Waals surface area contributed by atoms with Crippen molar-refractivity contribution in [1.29, 1.82) is 0 Å². The zero-order chi connectivity index (χ0) is 15.1. The van der Waals surface area contributed by atoms with Gasteiger partial charge >= 0.3 is 0 Å². The molecule has 1 unspecified atom stereocenters. The van der Waals surface area contributed by atoms with Crippen LogP contribution in [-0.4, -0.2) is 43.5 Å². The maximum Gasteiger partial charge on any atom is 0.238 e. The van der Waals surface area contributed by atoms with Crippen molar-refractivity contribution in [1.82, 2.24) is 10.2 Å². The molecule has 2 rings (SSSR count). The molecule has 0 bridgehead atoms. The summed E-state index contributed by atoms with van der Waals surface area (Å²) in [6, 6.07) is 8.58. The first-order valence-electron chi connectivity index (χ1n) is 7.98. The van der Waals surface area contributed by atoms with Gasteiger partial charge in [0.15, 0.2) is 0 Å². The molecule has 1 aromatic rings. The lowest BCUT2D eigenvalue weighted by Gasteiger charge is -2.27. The Kier molecular flexibility index (Phi) is 6.21. The molecule has 1 aromatic carbocycles. The Balaban J connectivity index is 1.77. The number of carbonyl (C=O) groups is 1. The molecule has 1 saturated heterocycles. The maximum absolute atomic E-state index is 12.1. The van der Waals surface area contributed by atoms with Gasteiger partial charge in [0.2, 0.25) is 5.91 Å². The Morgan fingerprint density at radius 2 is 2.29 bits per heavy atom. The third kappa shape index (κ3) is 5.48. The number of benzene rings is 1. The Bertz CT molecular complexity index is 455. The van der Waals surface area contributed by atoms with Crippen molar-refractivity contribution in [2.24, 2.45) is 0 Å². The SMILES string of the molecule is CCc1cccc(NC(=O)CN(C)CC2CCCCN2)c1. The predicted octanol–water partition coefficient (Wildman–Crippen LogP) is 2.26. The first-order valence-corrected chi connectivity index (χ1v) is 7.98. The third-order valence-electron chi connectivity index (χ3n) is 3.98. The van der Waals surface area contributed by atoms with Gasteiger partial charge in [-0.05, 0) is 50.6 Å². The van der Waals surface area contributed by atoms with E-state index in [0.29, 0.717) is 12.6 Å². The summed E-state index contributed by atoms with van der Waals surface area (Å²) in [4.78, 5) is 14.2. The molecule has 2 N–H and O–H groups in total. The number of amides is 1. The molecule has 1 heterocycles. The van der Waals surface area contributed by atoms with Crippen molar-refractivity contribution < 1.29 is 4.79 Å². The summed E-state index contributed by atoms with van der Waals surface area (Å²) in [5.41, 5.74) is 2.14. The first kappa shape index (κ1) is 16.0. The average molecular weight is 289 g/mol. The average Bonchev–Trinajstić information content (AvgIpc) is 2.48. The Hall–Kier alpha value is -1.39. The molecular formula is C17H27N3O. The molecule has 1 amide bonds. The first-order chi connectivity index (χ1) is 10.2. The van der Waals surface area contributed by atoms with Crippen LogP contribution in [-0.2, 0) is 11.2 Å². The van der Waals surface area contributed by atoms with Crippen molar-refractivity contribution in [2.75, 3.05) is 32.0 Å². The summed E-state index contributed by atoms with van der Waals surface area (Å²) in [5, 5.41) is 6.50. The summed E-state index contributed by atoms with van der Waals surface area (Å²) in [5.74, 6) is 0.0570. The largest absolute Gasteiger partial charge is 0.325 e. The number of hydrogen-bond acceptors (Lipinski definition) is 3. The van der Waals surface area contributed by atoms with Crippen LogP contribution in [0.15, 0.2) is 24.3 Å². The van der Waals surface area contributed by atoms with Gasteiger partial charge in [0.1, 0.15) is 0 Å². The summed E-state index contributed by atoms with van der Waals surface area (Å²) >= 11 is 0. The minimum atomic E-state index is 0.0570. The van der Waals surface area contributed by atoms with Gasteiger partial charge in [-0.2, -0.15) is 0 Å². The standard InChI is InChI=1S/C17H27N3O/c1-3-14-7-6-9-15(11-14)19-17(21)13-20(2)12-16-8-4-5-10-18-16/h6-7,9,11,16,18H,3-5,8,10,12-13H2,1-2H3,(H,19,21). The fraction of sp³-hybridized carbons (Fsp3) is 0.588. The van der Waals surface area contributed by atoms with E-state index in [0.717, 1.165) is 25.2 Å². The molecule has 4 nitrogen and oxygen atoms in total. The fourth-order valence-electron chi connectivity index (χ4n) is 2.84. The van der Waals surface area contributed by atoms with Gasteiger partial charge < -0.3 is 10.6 Å². The normalized spacial score (nSPS) is 18.7. The van der Waals surface area contributed by atoms with Gasteiger partial charge in [-0.1, -0.05) is 25.5 Å². The number of anilines is 1. The predicted molar refractivity (Wildman–Crippen MR) is 87.6 cm³/mol. The molecule has 21 heavy (non-hydrogen) atoms. The van der Waals surface area contributed by atoms with Crippen molar-refractivity contribution in [3.05, 3.63) is 29.8 Å². The number of nitrogens with zero attached hydrogens (tertiary/aromatic N) is 1. The van der Waals surface area contributed by atoms with E-state index in [9.17, 15) is 4.79 Å². The molecule has 116 valence electrons. The number of aryl methyl sites for hydroxylation is 1. The number of carbonyl (C=O) groups excluding carboxylic acids is 1.